The molecule has 0 bridgehead atoms. The largest absolute Gasteiger partial charge is 0.380 e. The van der Waals surface area contributed by atoms with Gasteiger partial charge in [0.05, 0.1) is 22.5 Å². The van der Waals surface area contributed by atoms with E-state index >= 15 is 0 Å². The molecule has 0 amide bonds. The van der Waals surface area contributed by atoms with Gasteiger partial charge < -0.3 is 10.5 Å². The number of ether oxygens (including phenoxy) is 1. The second-order valence-electron chi connectivity index (χ2n) is 4.23. The molecule has 0 aliphatic rings. The minimum absolute atomic E-state index is 0.639. The number of rotatable bonds is 7. The first-order valence-corrected chi connectivity index (χ1v) is 7.04. The Balaban J connectivity index is 3.01. The molecule has 0 aliphatic carbocycles. The maximum atomic E-state index is 5.56. The van der Waals surface area contributed by atoms with Crippen molar-refractivity contribution in [2.75, 3.05) is 20.3 Å². The van der Waals surface area contributed by atoms with Gasteiger partial charge in [0.15, 0.2) is 0 Å². The van der Waals surface area contributed by atoms with Gasteiger partial charge in [0, 0.05) is 13.7 Å². The molecule has 18 heavy (non-hydrogen) atoms. The Morgan fingerprint density at radius 1 is 1.56 bits per heavy atom. The molecule has 2 N–H and O–H groups in total. The molecule has 5 heteroatoms. The number of hydrogen-bond donors (Lipinski definition) is 1. The summed E-state index contributed by atoms with van der Waals surface area (Å²) in [5.74, 6) is 0. The first-order valence-electron chi connectivity index (χ1n) is 6.25. The Hall–Kier alpha value is -0.650. The molecule has 0 aliphatic heterocycles. The van der Waals surface area contributed by atoms with E-state index in [1.165, 1.54) is 5.57 Å². The lowest BCUT2D eigenvalue weighted by atomic mass is 10.1. The van der Waals surface area contributed by atoms with E-state index in [4.69, 9.17) is 10.5 Å². The minimum atomic E-state index is 0.639. The molecule has 4 nitrogen and oxygen atoms in total. The molecule has 0 spiro atoms. The second kappa shape index (κ2) is 7.71. The summed E-state index contributed by atoms with van der Waals surface area (Å²) in [7, 11) is 1.72. The van der Waals surface area contributed by atoms with Gasteiger partial charge in [0.2, 0.25) is 0 Å². The zero-order valence-electron chi connectivity index (χ0n) is 11.4. The first-order chi connectivity index (χ1) is 8.63. The number of methoxy groups -OCH3 is 1. The lowest BCUT2D eigenvalue weighted by molar-refractivity contribution is 0.223. The van der Waals surface area contributed by atoms with Crippen LogP contribution in [0.5, 0.6) is 0 Å². The summed E-state index contributed by atoms with van der Waals surface area (Å²) in [6.45, 7) is 6.29. The predicted molar refractivity (Wildman–Crippen MR) is 78.5 cm³/mol. The van der Waals surface area contributed by atoms with Crippen LogP contribution in [-0.4, -0.2) is 30.0 Å². The average Bonchev–Trinajstić information content (AvgIpc) is 2.63. The van der Waals surface area contributed by atoms with Gasteiger partial charge in [0.25, 0.3) is 0 Å². The molecule has 0 saturated heterocycles. The van der Waals surface area contributed by atoms with Crippen LogP contribution in [0.1, 0.15) is 31.2 Å². The molecular weight excluding hydrogens is 294 g/mol. The van der Waals surface area contributed by atoms with Crippen LogP contribution in [0.2, 0.25) is 0 Å². The van der Waals surface area contributed by atoms with E-state index in [1.54, 1.807) is 7.11 Å². The molecule has 0 radical (unpaired) electrons. The van der Waals surface area contributed by atoms with Crippen LogP contribution in [0, 0.1) is 6.92 Å². The van der Waals surface area contributed by atoms with Crippen LogP contribution in [0.15, 0.2) is 10.0 Å². The second-order valence-corrected chi connectivity index (χ2v) is 5.02. The van der Waals surface area contributed by atoms with Crippen LogP contribution in [0.3, 0.4) is 0 Å². The van der Waals surface area contributed by atoms with Crippen molar-refractivity contribution in [2.24, 2.45) is 5.73 Å². The fourth-order valence-electron chi connectivity index (χ4n) is 1.85. The van der Waals surface area contributed by atoms with Crippen LogP contribution >= 0.6 is 15.9 Å². The third-order valence-electron chi connectivity index (χ3n) is 2.76. The maximum Gasteiger partial charge on any atom is 0.0755 e. The third-order valence-corrected chi connectivity index (χ3v) is 3.74. The topological polar surface area (TPSA) is 53.1 Å². The zero-order chi connectivity index (χ0) is 13.5. The van der Waals surface area contributed by atoms with E-state index in [0.717, 1.165) is 35.2 Å². The number of aromatic nitrogens is 2. The smallest absolute Gasteiger partial charge is 0.0755 e. The molecule has 1 heterocycles. The molecule has 0 saturated carbocycles. The summed E-state index contributed by atoms with van der Waals surface area (Å²) in [4.78, 5) is 0. The molecule has 0 fully saturated rings. The van der Waals surface area contributed by atoms with Gasteiger partial charge >= 0.3 is 0 Å². The van der Waals surface area contributed by atoms with E-state index in [1.807, 2.05) is 11.6 Å². The van der Waals surface area contributed by atoms with Crippen molar-refractivity contribution in [3.8, 4) is 0 Å². The SMILES string of the molecule is CCn1nc(C)c(Br)c1/C=C(/CCCN)COC. The highest BCUT2D eigenvalue weighted by Crippen LogP contribution is 2.24. The Morgan fingerprint density at radius 2 is 2.28 bits per heavy atom. The predicted octanol–water partition coefficient (Wildman–Crippen LogP) is 2.74. The highest BCUT2D eigenvalue weighted by Gasteiger charge is 2.10. The Labute approximate surface area is 117 Å². The monoisotopic (exact) mass is 315 g/mol. The van der Waals surface area contributed by atoms with Crippen molar-refractivity contribution in [3.63, 3.8) is 0 Å². The minimum Gasteiger partial charge on any atom is -0.380 e. The van der Waals surface area contributed by atoms with Gasteiger partial charge in [-0.15, -0.1) is 0 Å². The van der Waals surface area contributed by atoms with Crippen molar-refractivity contribution in [1.82, 2.24) is 9.78 Å². The van der Waals surface area contributed by atoms with Gasteiger partial charge in [-0.1, -0.05) is 0 Å². The van der Waals surface area contributed by atoms with Crippen LogP contribution in [0.4, 0.5) is 0 Å². The summed E-state index contributed by atoms with van der Waals surface area (Å²) in [5, 5.41) is 4.48. The van der Waals surface area contributed by atoms with E-state index in [2.05, 4.69) is 34.0 Å². The van der Waals surface area contributed by atoms with Crippen LogP contribution < -0.4 is 5.73 Å². The highest BCUT2D eigenvalue weighted by molar-refractivity contribution is 9.10. The Kier molecular flexibility index (Phi) is 6.60. The fourth-order valence-corrected chi connectivity index (χ4v) is 2.25. The Morgan fingerprint density at radius 3 is 2.83 bits per heavy atom. The van der Waals surface area contributed by atoms with E-state index in [9.17, 15) is 0 Å². The van der Waals surface area contributed by atoms with Gasteiger partial charge in [-0.25, -0.2) is 0 Å². The standard InChI is InChI=1S/C13H22BrN3O/c1-4-17-12(13(14)10(2)16-17)8-11(9-18-3)6-5-7-15/h8H,4-7,9,15H2,1-3H3/b11-8-. The zero-order valence-corrected chi connectivity index (χ0v) is 13.0. The third kappa shape index (κ3) is 3.93. The van der Waals surface area contributed by atoms with E-state index < -0.39 is 0 Å². The molecule has 0 aromatic carbocycles. The number of nitrogens with zero attached hydrogens (tertiary/aromatic N) is 2. The molecule has 1 aromatic heterocycles. The number of halogens is 1. The highest BCUT2D eigenvalue weighted by atomic mass is 79.9. The Bertz CT molecular complexity index is 413. The van der Waals surface area contributed by atoms with E-state index in [-0.39, 0.29) is 0 Å². The number of hydrogen-bond acceptors (Lipinski definition) is 3. The lowest BCUT2D eigenvalue weighted by Gasteiger charge is -2.07. The van der Waals surface area contributed by atoms with Crippen molar-refractivity contribution in [1.29, 1.82) is 0 Å². The molecule has 102 valence electrons. The summed E-state index contributed by atoms with van der Waals surface area (Å²) < 4.78 is 8.30. The molecule has 0 unspecified atom stereocenters. The number of aryl methyl sites for hydroxylation is 2. The molecular formula is C13H22BrN3O. The number of nitrogens with two attached hydrogens (primary N) is 1. The quantitative estimate of drug-likeness (QED) is 0.841. The lowest BCUT2D eigenvalue weighted by Crippen LogP contribution is -2.04. The summed E-state index contributed by atoms with van der Waals surface area (Å²) in [6.07, 6.45) is 4.10. The maximum absolute atomic E-state index is 5.56. The van der Waals surface area contributed by atoms with Crippen LogP contribution in [-0.2, 0) is 11.3 Å². The fraction of sp³-hybridized carbons (Fsp3) is 0.615. The normalized spacial score (nSPS) is 12.2. The van der Waals surface area contributed by atoms with Crippen LogP contribution in [0.25, 0.3) is 6.08 Å². The van der Waals surface area contributed by atoms with Crippen molar-refractivity contribution in [3.05, 3.63) is 21.4 Å². The summed E-state index contributed by atoms with van der Waals surface area (Å²) in [5.41, 5.74) is 8.93. The van der Waals surface area contributed by atoms with Gasteiger partial charge in [-0.3, -0.25) is 4.68 Å². The van der Waals surface area contributed by atoms with Gasteiger partial charge in [0.1, 0.15) is 0 Å². The van der Waals surface area contributed by atoms with Crippen molar-refractivity contribution in [2.45, 2.75) is 33.2 Å². The van der Waals surface area contributed by atoms with Gasteiger partial charge in [-0.2, -0.15) is 5.10 Å². The average molecular weight is 316 g/mol. The van der Waals surface area contributed by atoms with E-state index in [0.29, 0.717) is 13.2 Å². The van der Waals surface area contributed by atoms with Crippen molar-refractivity contribution >= 4 is 22.0 Å². The molecule has 0 atom stereocenters. The molecule has 1 aromatic rings. The summed E-state index contributed by atoms with van der Waals surface area (Å²) >= 11 is 3.60. The van der Waals surface area contributed by atoms with Gasteiger partial charge in [-0.05, 0) is 60.8 Å². The van der Waals surface area contributed by atoms with Crippen molar-refractivity contribution < 1.29 is 4.74 Å². The first kappa shape index (κ1) is 15.4. The summed E-state index contributed by atoms with van der Waals surface area (Å²) in [6, 6.07) is 0. The molecule has 1 rings (SSSR count).